The van der Waals surface area contributed by atoms with Gasteiger partial charge in [0.25, 0.3) is 0 Å². The van der Waals surface area contributed by atoms with Gasteiger partial charge in [0.2, 0.25) is 0 Å². The molecule has 132 valence electrons. The average molecular weight is 347 g/mol. The molecular formula is C21H21N3O2. The molecule has 1 aromatic heterocycles. The van der Waals surface area contributed by atoms with Crippen LogP contribution in [-0.2, 0) is 7.05 Å². The van der Waals surface area contributed by atoms with Crippen molar-refractivity contribution in [2.75, 3.05) is 4.90 Å². The van der Waals surface area contributed by atoms with Gasteiger partial charge >= 0.3 is 0 Å². The highest BCUT2D eigenvalue weighted by Crippen LogP contribution is 2.30. The van der Waals surface area contributed by atoms with Gasteiger partial charge in [0.1, 0.15) is 5.76 Å². The van der Waals surface area contributed by atoms with Crippen LogP contribution in [0.2, 0.25) is 0 Å². The van der Waals surface area contributed by atoms with E-state index in [1.807, 2.05) is 41.0 Å². The van der Waals surface area contributed by atoms with Crippen molar-refractivity contribution in [3.8, 4) is 11.1 Å². The summed E-state index contributed by atoms with van der Waals surface area (Å²) in [5.41, 5.74) is 4.15. The van der Waals surface area contributed by atoms with Gasteiger partial charge in [0.15, 0.2) is 0 Å². The number of aromatic nitrogens is 2. The van der Waals surface area contributed by atoms with E-state index in [0.717, 1.165) is 27.7 Å². The summed E-state index contributed by atoms with van der Waals surface area (Å²) in [4.78, 5) is 1.89. The van der Waals surface area contributed by atoms with Gasteiger partial charge in [-0.3, -0.25) is 4.68 Å². The maximum absolute atomic E-state index is 10.1. The highest BCUT2D eigenvalue weighted by atomic mass is 16.3. The largest absolute Gasteiger partial charge is 0.506 e. The minimum absolute atomic E-state index is 0.170. The Morgan fingerprint density at radius 3 is 2.73 bits per heavy atom. The Kier molecular flexibility index (Phi) is 4.01. The minimum Gasteiger partial charge on any atom is -0.506 e. The number of rotatable bonds is 3. The number of aliphatic hydroxyl groups is 2. The standard InChI is InChI=1S/C21H21N3O2/c1-14(25)20-9-8-19(26)13-24(20)18-5-3-4-15(10-18)16-6-7-17-12-22-23(2)21(17)11-16/h3-14,20,25-26H,1-2H3. The SMILES string of the molecule is CC(O)C1C=CC(O)=CN1c1cccc(-c2ccc3cnn(C)c3c2)c1. The lowest BCUT2D eigenvalue weighted by Gasteiger charge is -2.33. The molecule has 0 saturated heterocycles. The smallest absolute Gasteiger partial charge is 0.131 e. The van der Waals surface area contributed by atoms with E-state index in [9.17, 15) is 10.2 Å². The highest BCUT2D eigenvalue weighted by molar-refractivity contribution is 5.85. The summed E-state index contributed by atoms with van der Waals surface area (Å²) >= 11 is 0. The van der Waals surface area contributed by atoms with E-state index in [0.29, 0.717) is 0 Å². The van der Waals surface area contributed by atoms with Crippen LogP contribution in [0.3, 0.4) is 0 Å². The molecule has 5 nitrogen and oxygen atoms in total. The highest BCUT2D eigenvalue weighted by Gasteiger charge is 2.23. The van der Waals surface area contributed by atoms with Crippen molar-refractivity contribution in [2.24, 2.45) is 7.05 Å². The van der Waals surface area contributed by atoms with E-state index in [2.05, 4.69) is 35.4 Å². The fourth-order valence-electron chi connectivity index (χ4n) is 3.37. The normalized spacial score (nSPS) is 18.2. The summed E-state index contributed by atoms with van der Waals surface area (Å²) in [5, 5.41) is 25.4. The second kappa shape index (κ2) is 6.35. The van der Waals surface area contributed by atoms with Gasteiger partial charge in [-0.1, -0.05) is 30.3 Å². The fraction of sp³-hybridized carbons (Fsp3) is 0.190. The second-order valence-corrected chi connectivity index (χ2v) is 6.64. The first kappa shape index (κ1) is 16.4. The van der Waals surface area contributed by atoms with Gasteiger partial charge < -0.3 is 15.1 Å². The Balaban J connectivity index is 1.76. The Morgan fingerprint density at radius 2 is 1.92 bits per heavy atom. The number of hydrogen-bond donors (Lipinski definition) is 2. The summed E-state index contributed by atoms with van der Waals surface area (Å²) in [6.45, 7) is 1.75. The van der Waals surface area contributed by atoms with E-state index in [4.69, 9.17) is 0 Å². The average Bonchev–Trinajstić information content (AvgIpc) is 3.02. The summed E-state index contributed by atoms with van der Waals surface area (Å²) < 4.78 is 1.86. The molecule has 2 atom stereocenters. The van der Waals surface area contributed by atoms with Gasteiger partial charge in [-0.15, -0.1) is 0 Å². The van der Waals surface area contributed by atoms with E-state index in [1.54, 1.807) is 19.2 Å². The number of hydrogen-bond acceptors (Lipinski definition) is 4. The summed E-state index contributed by atoms with van der Waals surface area (Å²) in [7, 11) is 1.93. The molecule has 0 saturated carbocycles. The van der Waals surface area contributed by atoms with Crippen LogP contribution in [0.1, 0.15) is 6.92 Å². The zero-order chi connectivity index (χ0) is 18.3. The van der Waals surface area contributed by atoms with Gasteiger partial charge in [-0.05, 0) is 42.3 Å². The quantitative estimate of drug-likeness (QED) is 0.757. The number of nitrogens with zero attached hydrogens (tertiary/aromatic N) is 3. The third-order valence-corrected chi connectivity index (χ3v) is 4.78. The Hall–Kier alpha value is -3.05. The number of aryl methyl sites for hydroxylation is 1. The molecule has 2 heterocycles. The zero-order valence-electron chi connectivity index (χ0n) is 14.7. The van der Waals surface area contributed by atoms with E-state index in [-0.39, 0.29) is 11.8 Å². The molecule has 2 aromatic carbocycles. The van der Waals surface area contributed by atoms with Crippen molar-refractivity contribution in [3.63, 3.8) is 0 Å². The van der Waals surface area contributed by atoms with Gasteiger partial charge in [0, 0.05) is 24.3 Å². The van der Waals surface area contributed by atoms with Crippen LogP contribution in [0, 0.1) is 0 Å². The minimum atomic E-state index is -0.565. The molecule has 5 heteroatoms. The molecule has 2 unspecified atom stereocenters. The molecule has 0 bridgehead atoms. The van der Waals surface area contributed by atoms with Gasteiger partial charge in [0.05, 0.1) is 23.9 Å². The maximum atomic E-state index is 10.1. The Labute approximate surface area is 152 Å². The Bertz CT molecular complexity index is 1020. The van der Waals surface area contributed by atoms with Crippen molar-refractivity contribution >= 4 is 16.6 Å². The third kappa shape index (κ3) is 2.86. The second-order valence-electron chi connectivity index (χ2n) is 6.64. The lowest BCUT2D eigenvalue weighted by atomic mass is 10.0. The van der Waals surface area contributed by atoms with Crippen LogP contribution in [0.25, 0.3) is 22.0 Å². The number of fused-ring (bicyclic) bond motifs is 1. The van der Waals surface area contributed by atoms with Crippen LogP contribution in [0.4, 0.5) is 5.69 Å². The van der Waals surface area contributed by atoms with Crippen LogP contribution < -0.4 is 4.90 Å². The summed E-state index contributed by atoms with van der Waals surface area (Å²) in [5.74, 6) is 0.170. The lowest BCUT2D eigenvalue weighted by Crippen LogP contribution is -2.39. The number of allylic oxidation sites excluding steroid dienone is 1. The molecule has 0 radical (unpaired) electrons. The molecule has 0 fully saturated rings. The Morgan fingerprint density at radius 1 is 1.12 bits per heavy atom. The molecule has 4 rings (SSSR count). The van der Waals surface area contributed by atoms with Crippen molar-refractivity contribution in [3.05, 3.63) is 72.8 Å². The van der Waals surface area contributed by atoms with Crippen LogP contribution in [0.15, 0.2) is 72.8 Å². The first-order valence-electron chi connectivity index (χ1n) is 8.60. The first-order chi connectivity index (χ1) is 12.5. The molecule has 0 amide bonds. The molecule has 26 heavy (non-hydrogen) atoms. The monoisotopic (exact) mass is 347 g/mol. The van der Waals surface area contributed by atoms with Crippen LogP contribution in [0.5, 0.6) is 0 Å². The number of aliphatic hydroxyl groups excluding tert-OH is 2. The molecule has 0 spiro atoms. The number of anilines is 1. The van der Waals surface area contributed by atoms with E-state index in [1.165, 1.54) is 0 Å². The third-order valence-electron chi connectivity index (χ3n) is 4.78. The maximum Gasteiger partial charge on any atom is 0.131 e. The lowest BCUT2D eigenvalue weighted by molar-refractivity contribution is 0.178. The van der Waals surface area contributed by atoms with Gasteiger partial charge in [-0.25, -0.2) is 0 Å². The van der Waals surface area contributed by atoms with E-state index < -0.39 is 6.10 Å². The van der Waals surface area contributed by atoms with Crippen molar-refractivity contribution in [2.45, 2.75) is 19.1 Å². The van der Waals surface area contributed by atoms with Crippen molar-refractivity contribution < 1.29 is 10.2 Å². The topological polar surface area (TPSA) is 61.5 Å². The molecule has 3 aromatic rings. The fourth-order valence-corrected chi connectivity index (χ4v) is 3.37. The molecular weight excluding hydrogens is 326 g/mol. The van der Waals surface area contributed by atoms with Crippen molar-refractivity contribution in [1.82, 2.24) is 9.78 Å². The van der Waals surface area contributed by atoms with Crippen LogP contribution in [-0.4, -0.2) is 32.1 Å². The summed E-state index contributed by atoms with van der Waals surface area (Å²) in [6, 6.07) is 14.1. The van der Waals surface area contributed by atoms with Crippen LogP contribution >= 0.6 is 0 Å². The summed E-state index contributed by atoms with van der Waals surface area (Å²) in [6.07, 6.45) is 6.38. The first-order valence-corrected chi connectivity index (χ1v) is 8.60. The molecule has 2 N–H and O–H groups in total. The van der Waals surface area contributed by atoms with E-state index >= 15 is 0 Å². The number of benzene rings is 2. The zero-order valence-corrected chi connectivity index (χ0v) is 14.7. The van der Waals surface area contributed by atoms with Gasteiger partial charge in [-0.2, -0.15) is 5.10 Å². The molecule has 0 aliphatic carbocycles. The predicted molar refractivity (Wildman–Crippen MR) is 104 cm³/mol. The van der Waals surface area contributed by atoms with Crippen molar-refractivity contribution in [1.29, 1.82) is 0 Å². The molecule has 1 aliphatic heterocycles. The predicted octanol–water partition coefficient (Wildman–Crippen LogP) is 3.77. The molecule has 1 aliphatic rings.